The maximum absolute atomic E-state index is 13.2. The van der Waals surface area contributed by atoms with Crippen molar-refractivity contribution in [2.75, 3.05) is 0 Å². The van der Waals surface area contributed by atoms with E-state index in [1.54, 1.807) is 0 Å². The van der Waals surface area contributed by atoms with Crippen LogP contribution in [0.4, 0.5) is 13.2 Å². The van der Waals surface area contributed by atoms with Gasteiger partial charge in [0.2, 0.25) is 0 Å². The van der Waals surface area contributed by atoms with Gasteiger partial charge in [0.25, 0.3) is 0 Å². The minimum absolute atomic E-state index is 0.125. The molecule has 0 aliphatic carbocycles. The predicted molar refractivity (Wildman–Crippen MR) is 49.4 cm³/mol. The van der Waals surface area contributed by atoms with Crippen LogP contribution < -0.4 is 5.11 Å². The molecule has 3 nitrogen and oxygen atoms in total. The minimum Gasteiger partial charge on any atom is -0.549 e. The first-order valence-electron chi connectivity index (χ1n) is 4.78. The molecule has 6 heteroatoms. The second-order valence-corrected chi connectivity index (χ2v) is 3.39. The highest BCUT2D eigenvalue weighted by molar-refractivity contribution is 6.07. The first kappa shape index (κ1) is 13.2. The molecule has 0 aliphatic heterocycles. The summed E-state index contributed by atoms with van der Waals surface area (Å²) in [6.45, 7) is 1.39. The summed E-state index contributed by atoms with van der Waals surface area (Å²) in [7, 11) is 0. The van der Waals surface area contributed by atoms with E-state index in [0.717, 1.165) is 0 Å². The first-order valence-corrected chi connectivity index (χ1v) is 4.78. The Morgan fingerprint density at radius 3 is 2.18 bits per heavy atom. The Kier molecular flexibility index (Phi) is 3.88. The fourth-order valence-electron chi connectivity index (χ4n) is 1.36. The molecule has 1 unspecified atom stereocenters. The van der Waals surface area contributed by atoms with Crippen molar-refractivity contribution in [2.45, 2.75) is 13.3 Å². The Morgan fingerprint density at radius 2 is 1.71 bits per heavy atom. The van der Waals surface area contributed by atoms with Crippen molar-refractivity contribution in [3.8, 4) is 0 Å². The van der Waals surface area contributed by atoms with Gasteiger partial charge in [-0.05, 0) is 12.5 Å². The number of carbonyl (C=O) groups is 2. The highest BCUT2D eigenvalue weighted by Crippen LogP contribution is 2.18. The quantitative estimate of drug-likeness (QED) is 0.453. The summed E-state index contributed by atoms with van der Waals surface area (Å²) < 4.78 is 38.6. The molecule has 0 fully saturated rings. The van der Waals surface area contributed by atoms with E-state index in [1.165, 1.54) is 6.92 Å². The van der Waals surface area contributed by atoms with Crippen LogP contribution >= 0.6 is 0 Å². The molecule has 0 bridgehead atoms. The Hall–Kier alpha value is -1.85. The number of Topliss-reactive ketones (excluding diaryl/α,β-unsaturated/α-hetero) is 1. The number of carboxylic acid groups (broad SMARTS) is 1. The van der Waals surface area contributed by atoms with Crippen LogP contribution in [0.5, 0.6) is 0 Å². The van der Waals surface area contributed by atoms with Gasteiger partial charge >= 0.3 is 0 Å². The average molecular weight is 245 g/mol. The normalized spacial score (nSPS) is 12.2. The van der Waals surface area contributed by atoms with Crippen molar-refractivity contribution in [2.24, 2.45) is 5.92 Å². The van der Waals surface area contributed by atoms with Crippen LogP contribution in [-0.4, -0.2) is 11.8 Å². The van der Waals surface area contributed by atoms with E-state index in [-0.39, 0.29) is 12.5 Å². The summed E-state index contributed by atoms with van der Waals surface area (Å²) >= 11 is 0. The van der Waals surface area contributed by atoms with Crippen LogP contribution in [0.1, 0.15) is 23.7 Å². The molecular weight excluding hydrogens is 237 g/mol. The van der Waals surface area contributed by atoms with Crippen LogP contribution in [0, 0.1) is 23.4 Å². The average Bonchev–Trinajstić information content (AvgIpc) is 2.23. The van der Waals surface area contributed by atoms with Crippen molar-refractivity contribution in [1.82, 2.24) is 0 Å². The fourth-order valence-corrected chi connectivity index (χ4v) is 1.36. The molecule has 1 aromatic rings. The number of carbonyl (C=O) groups excluding carboxylic acids is 2. The van der Waals surface area contributed by atoms with E-state index >= 15 is 0 Å². The fraction of sp³-hybridized carbons (Fsp3) is 0.273. The molecule has 0 N–H and O–H groups in total. The topological polar surface area (TPSA) is 57.2 Å². The Labute approximate surface area is 94.9 Å². The van der Waals surface area contributed by atoms with E-state index in [0.29, 0.717) is 6.07 Å². The second kappa shape index (κ2) is 4.99. The molecule has 0 aliphatic rings. The maximum Gasteiger partial charge on any atom is 0.174 e. The lowest BCUT2D eigenvalue weighted by molar-refractivity contribution is -0.309. The number of benzene rings is 1. The van der Waals surface area contributed by atoms with Gasteiger partial charge < -0.3 is 9.90 Å². The van der Waals surface area contributed by atoms with Gasteiger partial charge in [0, 0.05) is 6.07 Å². The molecule has 0 saturated heterocycles. The second-order valence-electron chi connectivity index (χ2n) is 3.39. The molecule has 0 radical (unpaired) electrons. The lowest BCUT2D eigenvalue weighted by atomic mass is 9.95. The molecule has 0 amide bonds. The maximum atomic E-state index is 13.2. The van der Waals surface area contributed by atoms with Crippen molar-refractivity contribution >= 4 is 11.8 Å². The molecule has 0 aromatic heterocycles. The number of rotatable bonds is 4. The summed E-state index contributed by atoms with van der Waals surface area (Å²) in [6.07, 6.45) is -0.125. The zero-order valence-electron chi connectivity index (χ0n) is 8.80. The molecular formula is C11H8F3O3-. The third kappa shape index (κ3) is 2.64. The van der Waals surface area contributed by atoms with Gasteiger partial charge in [0.15, 0.2) is 17.4 Å². The molecule has 1 atom stereocenters. The SMILES string of the molecule is CCC(C(=O)[O-])C(=O)c1cc(F)c(F)cc1F. The number of hydrogen-bond donors (Lipinski definition) is 0. The van der Waals surface area contributed by atoms with E-state index < -0.39 is 40.7 Å². The Morgan fingerprint density at radius 1 is 1.18 bits per heavy atom. The van der Waals surface area contributed by atoms with E-state index in [1.807, 2.05) is 0 Å². The zero-order valence-corrected chi connectivity index (χ0v) is 8.80. The van der Waals surface area contributed by atoms with Crippen molar-refractivity contribution in [1.29, 1.82) is 0 Å². The third-order valence-corrected chi connectivity index (χ3v) is 2.28. The number of carboxylic acids is 1. The van der Waals surface area contributed by atoms with Crippen LogP contribution in [0.3, 0.4) is 0 Å². The monoisotopic (exact) mass is 245 g/mol. The van der Waals surface area contributed by atoms with Crippen molar-refractivity contribution in [3.63, 3.8) is 0 Å². The van der Waals surface area contributed by atoms with Gasteiger partial charge in [-0.2, -0.15) is 0 Å². The lowest BCUT2D eigenvalue weighted by Gasteiger charge is -2.15. The molecule has 0 saturated carbocycles. The predicted octanol–water partition coefficient (Wildman–Crippen LogP) is 1.06. The first-order chi connectivity index (χ1) is 7.88. The summed E-state index contributed by atoms with van der Waals surface area (Å²) in [6, 6.07) is 0.545. The van der Waals surface area contributed by atoms with E-state index in [9.17, 15) is 27.9 Å². The summed E-state index contributed by atoms with van der Waals surface area (Å²) in [5.41, 5.74) is -0.792. The van der Waals surface area contributed by atoms with Gasteiger partial charge in [0.1, 0.15) is 5.82 Å². The molecule has 1 rings (SSSR count). The van der Waals surface area contributed by atoms with E-state index in [2.05, 4.69) is 0 Å². The van der Waals surface area contributed by atoms with Gasteiger partial charge in [-0.1, -0.05) is 6.92 Å². The third-order valence-electron chi connectivity index (χ3n) is 2.28. The molecule has 0 heterocycles. The lowest BCUT2D eigenvalue weighted by Crippen LogP contribution is -2.36. The molecule has 92 valence electrons. The highest BCUT2D eigenvalue weighted by atomic mass is 19.2. The number of hydrogen-bond acceptors (Lipinski definition) is 3. The zero-order chi connectivity index (χ0) is 13.2. The highest BCUT2D eigenvalue weighted by Gasteiger charge is 2.24. The largest absolute Gasteiger partial charge is 0.549 e. The smallest absolute Gasteiger partial charge is 0.174 e. The van der Waals surface area contributed by atoms with Gasteiger partial charge in [-0.15, -0.1) is 0 Å². The van der Waals surface area contributed by atoms with Crippen LogP contribution in [-0.2, 0) is 4.79 Å². The standard InChI is InChI=1S/C11H9F3O3/c1-2-5(11(16)17)10(15)6-3-8(13)9(14)4-7(6)12/h3-5H,2H2,1H3,(H,16,17)/p-1. The molecule has 0 spiro atoms. The minimum atomic E-state index is -1.68. The van der Waals surface area contributed by atoms with Crippen molar-refractivity contribution < 1.29 is 27.9 Å². The molecule has 17 heavy (non-hydrogen) atoms. The van der Waals surface area contributed by atoms with E-state index in [4.69, 9.17) is 0 Å². The van der Waals surface area contributed by atoms with Crippen LogP contribution in [0.2, 0.25) is 0 Å². The van der Waals surface area contributed by atoms with Crippen molar-refractivity contribution in [3.05, 3.63) is 35.1 Å². The summed E-state index contributed by atoms with van der Waals surface area (Å²) in [5.74, 6) is -8.54. The number of ketones is 1. The summed E-state index contributed by atoms with van der Waals surface area (Å²) in [5, 5.41) is 10.6. The summed E-state index contributed by atoms with van der Waals surface area (Å²) in [4.78, 5) is 22.1. The van der Waals surface area contributed by atoms with Gasteiger partial charge in [-0.3, -0.25) is 4.79 Å². The van der Waals surface area contributed by atoms with Crippen LogP contribution in [0.15, 0.2) is 12.1 Å². The van der Waals surface area contributed by atoms with Crippen LogP contribution in [0.25, 0.3) is 0 Å². The number of aliphatic carboxylic acids is 1. The van der Waals surface area contributed by atoms with Gasteiger partial charge in [-0.25, -0.2) is 13.2 Å². The Bertz CT molecular complexity index is 471. The van der Waals surface area contributed by atoms with Gasteiger partial charge in [0.05, 0.1) is 17.5 Å². The Balaban J connectivity index is 3.20. The molecule has 1 aromatic carbocycles. The number of halogens is 3.